The second-order valence-corrected chi connectivity index (χ2v) is 12.1. The lowest BCUT2D eigenvalue weighted by molar-refractivity contribution is -0.169. The van der Waals surface area contributed by atoms with Crippen LogP contribution in [0, 0.1) is 0 Å². The number of rotatable bonds is 5. The van der Waals surface area contributed by atoms with Crippen molar-refractivity contribution in [2.75, 3.05) is 0 Å². The standard InChI is InChI=1S/C4H4Cl4O7P2.C4H10/c1-4(11,2(9)14-16(5,6)12)3(10)15-17(7,8)13;1-3-4-2/h11H,1H3;3-4H2,1-2H3. The lowest BCUT2D eigenvalue weighted by Crippen LogP contribution is -2.44. The number of carbonyl (C=O) groups is 2. The first-order valence-corrected chi connectivity index (χ1v) is 12.2. The van der Waals surface area contributed by atoms with E-state index in [2.05, 4.69) is 22.9 Å². The summed E-state index contributed by atoms with van der Waals surface area (Å²) >= 11 is 19.5. The number of aliphatic hydroxyl groups is 1. The number of hydrogen-bond donors (Lipinski definition) is 1. The van der Waals surface area contributed by atoms with Crippen LogP contribution in [0.4, 0.5) is 0 Å². The minimum absolute atomic E-state index is 0.588. The highest BCUT2D eigenvalue weighted by Gasteiger charge is 2.47. The SMILES string of the molecule is CC(O)(C(=O)OP(=O)(Cl)Cl)C(=O)OP(=O)(Cl)Cl.CCCC. The van der Waals surface area contributed by atoms with Gasteiger partial charge in [-0.2, -0.15) is 0 Å². The summed E-state index contributed by atoms with van der Waals surface area (Å²) in [6, 6.07) is 0. The highest BCUT2D eigenvalue weighted by Crippen LogP contribution is 2.59. The molecule has 21 heavy (non-hydrogen) atoms. The quantitative estimate of drug-likeness (QED) is 0.497. The van der Waals surface area contributed by atoms with E-state index in [-0.39, 0.29) is 0 Å². The van der Waals surface area contributed by atoms with Crippen LogP contribution < -0.4 is 0 Å². The van der Waals surface area contributed by atoms with E-state index in [0.717, 1.165) is 0 Å². The van der Waals surface area contributed by atoms with E-state index in [0.29, 0.717) is 6.92 Å². The number of unbranched alkanes of at least 4 members (excludes halogenated alkanes) is 1. The van der Waals surface area contributed by atoms with Crippen LogP contribution in [0.25, 0.3) is 0 Å². The van der Waals surface area contributed by atoms with Crippen molar-refractivity contribution in [1.82, 2.24) is 0 Å². The van der Waals surface area contributed by atoms with E-state index in [9.17, 15) is 23.8 Å². The third-order valence-electron chi connectivity index (χ3n) is 1.67. The average Bonchev–Trinajstić information content (AvgIpc) is 2.24. The molecule has 0 aliphatic carbocycles. The Morgan fingerprint density at radius 2 is 1.19 bits per heavy atom. The lowest BCUT2D eigenvalue weighted by Gasteiger charge is -2.19. The molecule has 0 rings (SSSR count). The molecule has 0 unspecified atom stereocenters. The third-order valence-corrected chi connectivity index (χ3v) is 3.26. The van der Waals surface area contributed by atoms with Gasteiger partial charge in [-0.25, -0.2) is 18.7 Å². The van der Waals surface area contributed by atoms with Crippen LogP contribution in [-0.2, 0) is 27.8 Å². The minimum Gasteiger partial charge on any atom is -0.387 e. The van der Waals surface area contributed by atoms with Crippen LogP contribution in [0.15, 0.2) is 0 Å². The largest absolute Gasteiger partial charge is 0.430 e. The van der Waals surface area contributed by atoms with E-state index in [1.54, 1.807) is 0 Å². The van der Waals surface area contributed by atoms with E-state index in [1.807, 2.05) is 0 Å². The number of halogens is 4. The van der Waals surface area contributed by atoms with Crippen LogP contribution in [0.1, 0.15) is 33.6 Å². The molecule has 0 aliphatic rings. The van der Waals surface area contributed by atoms with Crippen molar-refractivity contribution < 1.29 is 32.9 Å². The smallest absolute Gasteiger partial charge is 0.387 e. The molecule has 0 amide bonds. The van der Waals surface area contributed by atoms with Gasteiger partial charge in [0.15, 0.2) is 0 Å². The van der Waals surface area contributed by atoms with Crippen molar-refractivity contribution in [3.8, 4) is 0 Å². The Hall–Kier alpha value is 0.520. The summed E-state index contributed by atoms with van der Waals surface area (Å²) in [5.74, 6) is -3.56. The van der Waals surface area contributed by atoms with Gasteiger partial charge in [0.1, 0.15) is 0 Å². The van der Waals surface area contributed by atoms with Crippen LogP contribution in [0.3, 0.4) is 0 Å². The van der Waals surface area contributed by atoms with Gasteiger partial charge >= 0.3 is 24.1 Å². The van der Waals surface area contributed by atoms with Gasteiger partial charge in [0.2, 0.25) is 0 Å². The zero-order valence-corrected chi connectivity index (χ0v) is 16.0. The zero-order chi connectivity index (χ0) is 17.5. The van der Waals surface area contributed by atoms with E-state index in [1.165, 1.54) is 12.8 Å². The molecule has 13 heteroatoms. The monoisotopic (exact) mass is 424 g/mol. The summed E-state index contributed by atoms with van der Waals surface area (Å²) in [6.07, 6.45) is -6.00. The first kappa shape index (κ1) is 23.8. The molecule has 0 fully saturated rings. The second kappa shape index (κ2) is 9.61. The van der Waals surface area contributed by atoms with E-state index >= 15 is 0 Å². The summed E-state index contributed by atoms with van der Waals surface area (Å²) in [5.41, 5.74) is -2.97. The fraction of sp³-hybridized carbons (Fsp3) is 0.750. The van der Waals surface area contributed by atoms with Gasteiger partial charge in [0.05, 0.1) is 0 Å². The molecule has 0 saturated carbocycles. The predicted molar refractivity (Wildman–Crippen MR) is 82.0 cm³/mol. The normalized spacial score (nSPS) is 12.0. The molecular formula is C8H14Cl4O7P2. The van der Waals surface area contributed by atoms with Crippen LogP contribution in [0.5, 0.6) is 0 Å². The molecule has 0 aromatic heterocycles. The van der Waals surface area contributed by atoms with Gasteiger partial charge in [0.25, 0.3) is 5.60 Å². The summed E-state index contributed by atoms with van der Waals surface area (Å²) < 4.78 is 29.1. The van der Waals surface area contributed by atoms with Gasteiger partial charge in [-0.15, -0.1) is 0 Å². The Morgan fingerprint density at radius 3 is 1.33 bits per heavy atom. The molecule has 0 aromatic carbocycles. The summed E-state index contributed by atoms with van der Waals surface area (Å²) in [4.78, 5) is 22.2. The van der Waals surface area contributed by atoms with Gasteiger partial charge in [-0.05, 0) is 6.92 Å². The Kier molecular flexibility index (Phi) is 10.9. The van der Waals surface area contributed by atoms with E-state index in [4.69, 9.17) is 45.0 Å². The molecule has 7 nitrogen and oxygen atoms in total. The van der Waals surface area contributed by atoms with Crippen molar-refractivity contribution in [2.24, 2.45) is 0 Å². The van der Waals surface area contributed by atoms with Gasteiger partial charge in [-0.3, -0.25) is 0 Å². The molecule has 0 bridgehead atoms. The van der Waals surface area contributed by atoms with Crippen LogP contribution >= 0.6 is 57.1 Å². The summed E-state index contributed by atoms with van der Waals surface area (Å²) in [5, 5.41) is 9.35. The molecule has 0 aliphatic heterocycles. The molecule has 1 N–H and O–H groups in total. The Morgan fingerprint density at radius 1 is 0.952 bits per heavy atom. The Balaban J connectivity index is 0. The summed E-state index contributed by atoms with van der Waals surface area (Å²) in [6.45, 7) is 4.95. The third kappa shape index (κ3) is 12.7. The van der Waals surface area contributed by atoms with Crippen molar-refractivity contribution >= 4 is 69.1 Å². The maximum Gasteiger partial charge on any atom is 0.430 e. The van der Waals surface area contributed by atoms with Gasteiger partial charge in [-0.1, -0.05) is 26.7 Å². The van der Waals surface area contributed by atoms with Gasteiger partial charge in [0, 0.05) is 45.0 Å². The average molecular weight is 426 g/mol. The molecular weight excluding hydrogens is 412 g/mol. The molecule has 0 heterocycles. The Labute approximate surface area is 141 Å². The first-order chi connectivity index (χ1) is 9.17. The molecule has 0 atom stereocenters. The van der Waals surface area contributed by atoms with Gasteiger partial charge < -0.3 is 14.2 Å². The lowest BCUT2D eigenvalue weighted by atomic mass is 10.1. The minimum atomic E-state index is -4.32. The zero-order valence-electron chi connectivity index (χ0n) is 11.2. The van der Waals surface area contributed by atoms with Crippen LogP contribution in [0.2, 0.25) is 0 Å². The fourth-order valence-electron chi connectivity index (χ4n) is 0.454. The molecule has 0 radical (unpaired) electrons. The number of carbonyl (C=O) groups excluding carboxylic acids is 2. The topological polar surface area (TPSA) is 107 Å². The summed E-state index contributed by atoms with van der Waals surface area (Å²) in [7, 11) is 0. The van der Waals surface area contributed by atoms with Crippen molar-refractivity contribution in [3.63, 3.8) is 0 Å². The molecule has 126 valence electrons. The highest BCUT2D eigenvalue weighted by atomic mass is 35.9. The first-order valence-electron chi connectivity index (χ1n) is 5.36. The molecule has 0 saturated heterocycles. The maximum absolute atomic E-state index is 11.1. The van der Waals surface area contributed by atoms with Crippen molar-refractivity contribution in [1.29, 1.82) is 0 Å². The Bertz CT molecular complexity index is 416. The highest BCUT2D eigenvalue weighted by molar-refractivity contribution is 8.05. The maximum atomic E-state index is 11.1. The number of hydrogen-bond acceptors (Lipinski definition) is 7. The second-order valence-electron chi connectivity index (χ2n) is 3.66. The fourth-order valence-corrected chi connectivity index (χ4v) is 1.95. The van der Waals surface area contributed by atoms with Crippen molar-refractivity contribution in [2.45, 2.75) is 39.2 Å². The molecule has 0 aromatic rings. The van der Waals surface area contributed by atoms with E-state index < -0.39 is 29.7 Å². The van der Waals surface area contributed by atoms with Crippen molar-refractivity contribution in [3.05, 3.63) is 0 Å². The molecule has 0 spiro atoms. The predicted octanol–water partition coefficient (Wildman–Crippen LogP) is 4.80. The van der Waals surface area contributed by atoms with Crippen LogP contribution in [-0.4, -0.2) is 22.6 Å².